The summed E-state index contributed by atoms with van der Waals surface area (Å²) in [6.45, 7) is 4.31. The van der Waals surface area contributed by atoms with Gasteiger partial charge in [0.05, 0.1) is 22.3 Å². The second-order valence-corrected chi connectivity index (χ2v) is 21.7. The van der Waals surface area contributed by atoms with Crippen LogP contribution in [0.3, 0.4) is 0 Å². The normalized spacial score (nSPS) is 15.3. The van der Waals surface area contributed by atoms with E-state index in [2.05, 4.69) is 13.1 Å². The van der Waals surface area contributed by atoms with Crippen LogP contribution in [0, 0.1) is 11.8 Å². The summed E-state index contributed by atoms with van der Waals surface area (Å²) in [6, 6.07) is 21.6. The summed E-state index contributed by atoms with van der Waals surface area (Å²) in [5.74, 6) is 1.17. The van der Waals surface area contributed by atoms with Gasteiger partial charge < -0.3 is 0 Å². The molecule has 0 heterocycles. The van der Waals surface area contributed by atoms with Gasteiger partial charge in [0.15, 0.2) is 0 Å². The van der Waals surface area contributed by atoms with Crippen LogP contribution >= 0.6 is 17.0 Å². The summed E-state index contributed by atoms with van der Waals surface area (Å²) >= 11 is -0.826. The average Bonchev–Trinajstić information content (AvgIpc) is 3.87. The molecule has 2 aliphatic carbocycles. The van der Waals surface area contributed by atoms with Crippen molar-refractivity contribution in [1.29, 1.82) is 0 Å². The van der Waals surface area contributed by atoms with Crippen molar-refractivity contribution in [3.63, 3.8) is 0 Å². The maximum atomic E-state index is 13.3. The third-order valence-corrected chi connectivity index (χ3v) is 11.9. The number of hydrogen-bond donors (Lipinski definition) is 0. The summed E-state index contributed by atoms with van der Waals surface area (Å²) in [4.78, 5) is 0. The summed E-state index contributed by atoms with van der Waals surface area (Å²) in [5.41, 5.74) is -2.36. The summed E-state index contributed by atoms with van der Waals surface area (Å²) in [6.07, 6.45) is -5.66. The standard InChI is InChI=1S/2C24H21F6.C2H6Si.2ClH.Zr/c2*25-23(26,27)19-12-18(13-20(14-19)24(28,29)30)21-8-4-7-17-10-16(11-22(17)21)9-15-5-2-1-3-6-15;1-3-2;;;/h2*4,7-8,10-15H,1-3,5-6,9H2;1-2H3;2*1H;/q2*-1;;;;+4/p-2. The van der Waals surface area contributed by atoms with E-state index in [9.17, 15) is 52.7 Å². The van der Waals surface area contributed by atoms with Gasteiger partial charge in [0.25, 0.3) is 0 Å². The molecule has 6 aromatic carbocycles. The second kappa shape index (κ2) is 23.5. The topological polar surface area (TPSA) is 0 Å². The molecule has 2 fully saturated rings. The average molecular weight is 1070 g/mol. The first-order chi connectivity index (χ1) is 31.0. The van der Waals surface area contributed by atoms with E-state index in [0.29, 0.717) is 33.7 Å². The zero-order chi connectivity index (χ0) is 48.5. The van der Waals surface area contributed by atoms with Gasteiger partial charge in [-0.05, 0) is 72.2 Å². The molecule has 2 saturated carbocycles. The molecule has 0 atom stereocenters. The predicted octanol–water partition coefficient (Wildman–Crippen LogP) is 18.9. The molecule has 2 aliphatic rings. The van der Waals surface area contributed by atoms with Crippen molar-refractivity contribution in [2.75, 3.05) is 0 Å². The fraction of sp³-hybridized carbons (Fsp3) is 0.400. The molecule has 0 nitrogen and oxygen atoms in total. The number of fused-ring (bicyclic) bond motifs is 2. The van der Waals surface area contributed by atoms with Crippen LogP contribution < -0.4 is 0 Å². The zero-order valence-corrected chi connectivity index (χ0v) is 41.1. The Kier molecular flexibility index (Phi) is 19.2. The van der Waals surface area contributed by atoms with E-state index >= 15 is 0 Å². The van der Waals surface area contributed by atoms with E-state index in [1.807, 2.05) is 36.4 Å². The van der Waals surface area contributed by atoms with E-state index in [-0.39, 0.29) is 23.3 Å². The quantitative estimate of drug-likeness (QED) is 0.0886. The van der Waals surface area contributed by atoms with Crippen LogP contribution in [0.1, 0.15) is 97.6 Å². The second-order valence-electron chi connectivity index (χ2n) is 16.9. The Morgan fingerprint density at radius 1 is 0.485 bits per heavy atom. The number of benzene rings is 4. The Bertz CT molecular complexity index is 2230. The van der Waals surface area contributed by atoms with Crippen LogP contribution in [0.15, 0.2) is 97.1 Å². The van der Waals surface area contributed by atoms with Gasteiger partial charge in [-0.25, -0.2) is 0 Å². The SMILES string of the molecule is C[Si]C.FC(F)(F)c1cc(-c2cccc3[cH-]c(CC4CCCCC4)cc23)cc(C(F)(F)F)c1.FC(F)(F)c1cc(-c2cccc3[cH-]c(CC4CCCCC4)cc23)cc(C(F)(F)F)c1.[Cl][Zr+2][Cl]. The van der Waals surface area contributed by atoms with Gasteiger partial charge in [-0.2, -0.15) is 64.8 Å². The van der Waals surface area contributed by atoms with Crippen LogP contribution in [-0.2, 0) is 58.4 Å². The van der Waals surface area contributed by atoms with E-state index in [1.54, 1.807) is 24.3 Å². The van der Waals surface area contributed by atoms with Crippen molar-refractivity contribution in [3.8, 4) is 22.3 Å². The molecule has 0 aromatic heterocycles. The van der Waals surface area contributed by atoms with Gasteiger partial charge in [0, 0.05) is 9.52 Å². The van der Waals surface area contributed by atoms with Crippen molar-refractivity contribution in [2.45, 2.75) is 115 Å². The van der Waals surface area contributed by atoms with E-state index in [1.165, 1.54) is 38.5 Å². The first-order valence-electron chi connectivity index (χ1n) is 21.6. The van der Waals surface area contributed by atoms with Gasteiger partial charge >= 0.3 is 62.6 Å². The molecule has 0 bridgehead atoms. The van der Waals surface area contributed by atoms with Crippen LogP contribution in [-0.4, -0.2) is 9.52 Å². The third-order valence-electron chi connectivity index (χ3n) is 11.9. The monoisotopic (exact) mass is 1060 g/mol. The van der Waals surface area contributed by atoms with Crippen molar-refractivity contribution >= 4 is 48.1 Å². The molecule has 0 aliphatic heterocycles. The van der Waals surface area contributed by atoms with Crippen LogP contribution in [0.25, 0.3) is 43.8 Å². The molecule has 0 saturated heterocycles. The Balaban J connectivity index is 0.000000221. The molecule has 66 heavy (non-hydrogen) atoms. The molecule has 6 aromatic rings. The van der Waals surface area contributed by atoms with Gasteiger partial charge in [-0.3, -0.25) is 0 Å². The van der Waals surface area contributed by atoms with Crippen molar-refractivity contribution in [1.82, 2.24) is 0 Å². The van der Waals surface area contributed by atoms with Gasteiger partial charge in [0.1, 0.15) is 0 Å². The number of rotatable bonds is 6. The fourth-order valence-electron chi connectivity index (χ4n) is 9.00. The molecular formula is C50H48Cl2F12SiZr. The van der Waals surface area contributed by atoms with Crippen molar-refractivity contribution in [2.24, 2.45) is 11.8 Å². The minimum absolute atomic E-state index is 0.0717. The van der Waals surface area contributed by atoms with Crippen LogP contribution in [0.5, 0.6) is 0 Å². The summed E-state index contributed by atoms with van der Waals surface area (Å²) in [5, 5.41) is 3.06. The molecule has 354 valence electrons. The van der Waals surface area contributed by atoms with Gasteiger partial charge in [-0.15, -0.1) is 69.1 Å². The molecule has 16 heteroatoms. The predicted molar refractivity (Wildman–Crippen MR) is 240 cm³/mol. The molecule has 0 amide bonds. The Morgan fingerprint density at radius 3 is 1.05 bits per heavy atom. The number of halogens is 14. The first kappa shape index (κ1) is 53.9. The molecule has 2 radical (unpaired) electrons. The van der Waals surface area contributed by atoms with Crippen molar-refractivity contribution < 1.29 is 73.5 Å². The first-order valence-corrected chi connectivity index (χ1v) is 29.9. The Hall–Kier alpha value is -3.06. The van der Waals surface area contributed by atoms with Crippen LogP contribution in [0.4, 0.5) is 52.7 Å². The minimum atomic E-state index is -4.86. The summed E-state index contributed by atoms with van der Waals surface area (Å²) < 4.78 is 159. The third kappa shape index (κ3) is 15.0. The van der Waals surface area contributed by atoms with Gasteiger partial charge in [-0.1, -0.05) is 101 Å². The fourth-order valence-corrected chi connectivity index (χ4v) is 9.00. The van der Waals surface area contributed by atoms with E-state index in [0.717, 1.165) is 94.2 Å². The van der Waals surface area contributed by atoms with Crippen molar-refractivity contribution in [3.05, 3.63) is 130 Å². The number of alkyl halides is 12. The molecule has 0 N–H and O–H groups in total. The maximum absolute atomic E-state index is 13.3. The summed E-state index contributed by atoms with van der Waals surface area (Å²) in [7, 11) is 11.0. The van der Waals surface area contributed by atoms with E-state index < -0.39 is 67.8 Å². The Morgan fingerprint density at radius 2 is 0.773 bits per heavy atom. The van der Waals surface area contributed by atoms with E-state index in [4.69, 9.17) is 17.0 Å². The molecule has 0 spiro atoms. The van der Waals surface area contributed by atoms with Crippen LogP contribution in [0.2, 0.25) is 13.1 Å². The van der Waals surface area contributed by atoms with Gasteiger partial charge in [0.2, 0.25) is 0 Å². The Labute approximate surface area is 398 Å². The molecular weight excluding hydrogens is 1020 g/mol. The number of hydrogen-bond acceptors (Lipinski definition) is 0. The zero-order valence-electron chi connectivity index (χ0n) is 36.2. The molecule has 0 unspecified atom stereocenters. The molecule has 8 rings (SSSR count).